The summed E-state index contributed by atoms with van der Waals surface area (Å²) in [6.45, 7) is 5.11. The Kier molecular flexibility index (Phi) is 8.22. The molecular formula is C21H27N3O3S. The lowest BCUT2D eigenvalue weighted by atomic mass is 10.2. The molecule has 0 saturated carbocycles. The zero-order valence-corrected chi connectivity index (χ0v) is 16.9. The minimum absolute atomic E-state index is 0.120. The maximum atomic E-state index is 12.2. The van der Waals surface area contributed by atoms with Crippen molar-refractivity contribution in [3.63, 3.8) is 0 Å². The van der Waals surface area contributed by atoms with E-state index in [1.54, 1.807) is 0 Å². The van der Waals surface area contributed by atoms with Crippen LogP contribution in [0.1, 0.15) is 23.2 Å². The molecule has 0 fully saturated rings. The van der Waals surface area contributed by atoms with Gasteiger partial charge in [-0.15, -0.1) is 6.58 Å². The average Bonchev–Trinajstić information content (AvgIpc) is 2.72. The second kappa shape index (κ2) is 10.6. The Morgan fingerprint density at radius 2 is 1.75 bits per heavy atom. The third-order valence-corrected chi connectivity index (χ3v) is 5.69. The lowest BCUT2D eigenvalue weighted by molar-refractivity contribution is 0.0953. The fraction of sp³-hybridized carbons (Fsp3) is 0.286. The number of hydrogen-bond donors (Lipinski definition) is 2. The number of rotatable bonds is 11. The summed E-state index contributed by atoms with van der Waals surface area (Å²) in [6, 6.07) is 16.0. The Morgan fingerprint density at radius 1 is 1.07 bits per heavy atom. The van der Waals surface area contributed by atoms with Gasteiger partial charge in [-0.2, -0.15) is 0 Å². The van der Waals surface area contributed by atoms with E-state index in [4.69, 9.17) is 0 Å². The van der Waals surface area contributed by atoms with Gasteiger partial charge in [-0.1, -0.05) is 24.3 Å². The van der Waals surface area contributed by atoms with Gasteiger partial charge in [-0.25, -0.2) is 13.1 Å². The summed E-state index contributed by atoms with van der Waals surface area (Å²) in [5.41, 5.74) is 1.60. The number of nitrogens with zero attached hydrogens (tertiary/aromatic N) is 1. The molecule has 0 heterocycles. The Labute approximate surface area is 167 Å². The molecule has 0 spiro atoms. The molecular weight excluding hydrogens is 374 g/mol. The highest BCUT2D eigenvalue weighted by atomic mass is 32.2. The van der Waals surface area contributed by atoms with Gasteiger partial charge in [0.25, 0.3) is 5.91 Å². The van der Waals surface area contributed by atoms with Crippen molar-refractivity contribution in [1.29, 1.82) is 0 Å². The van der Waals surface area contributed by atoms with Crippen molar-refractivity contribution in [2.75, 3.05) is 31.6 Å². The molecule has 7 heteroatoms. The fourth-order valence-corrected chi connectivity index (χ4v) is 3.63. The van der Waals surface area contributed by atoms with E-state index in [2.05, 4.69) is 33.7 Å². The number of carbonyl (C=O) groups excluding carboxylic acids is 1. The fourth-order valence-electron chi connectivity index (χ4n) is 2.63. The van der Waals surface area contributed by atoms with E-state index in [9.17, 15) is 13.2 Å². The number of sulfonamides is 1. The normalized spacial score (nSPS) is 11.0. The van der Waals surface area contributed by atoms with Crippen LogP contribution in [0.4, 0.5) is 5.69 Å². The molecule has 2 N–H and O–H groups in total. The van der Waals surface area contributed by atoms with Gasteiger partial charge >= 0.3 is 0 Å². The maximum Gasteiger partial charge on any atom is 0.251 e. The third kappa shape index (κ3) is 6.51. The van der Waals surface area contributed by atoms with Crippen LogP contribution in [0.2, 0.25) is 0 Å². The van der Waals surface area contributed by atoms with Crippen molar-refractivity contribution in [2.24, 2.45) is 0 Å². The molecule has 0 aliphatic heterocycles. The predicted octanol–water partition coefficient (Wildman–Crippen LogP) is 2.80. The number of hydrogen-bond acceptors (Lipinski definition) is 4. The molecule has 0 radical (unpaired) electrons. The smallest absolute Gasteiger partial charge is 0.251 e. The van der Waals surface area contributed by atoms with Crippen LogP contribution in [-0.2, 0) is 10.0 Å². The van der Waals surface area contributed by atoms with Crippen molar-refractivity contribution in [2.45, 2.75) is 17.7 Å². The Balaban J connectivity index is 1.75. The molecule has 2 aromatic rings. The molecule has 0 aromatic heterocycles. The second-order valence-electron chi connectivity index (χ2n) is 6.39. The minimum Gasteiger partial charge on any atom is -0.375 e. The highest BCUT2D eigenvalue weighted by Crippen LogP contribution is 2.12. The molecule has 28 heavy (non-hydrogen) atoms. The Hall–Kier alpha value is -2.64. The highest BCUT2D eigenvalue weighted by Gasteiger charge is 2.13. The number of nitrogens with one attached hydrogen (secondary N) is 2. The minimum atomic E-state index is -3.58. The number of para-hydroxylation sites is 1. The van der Waals surface area contributed by atoms with Gasteiger partial charge in [0.15, 0.2) is 0 Å². The predicted molar refractivity (Wildman–Crippen MR) is 113 cm³/mol. The second-order valence-corrected chi connectivity index (χ2v) is 8.15. The number of amides is 1. The van der Waals surface area contributed by atoms with Crippen molar-refractivity contribution < 1.29 is 13.2 Å². The van der Waals surface area contributed by atoms with E-state index >= 15 is 0 Å². The molecule has 0 bridgehead atoms. The first-order valence-corrected chi connectivity index (χ1v) is 10.7. The van der Waals surface area contributed by atoms with E-state index in [-0.39, 0.29) is 17.3 Å². The number of unbranched alkanes of at least 4 members (excludes halogenated alkanes) is 1. The van der Waals surface area contributed by atoms with E-state index in [1.807, 2.05) is 25.2 Å². The van der Waals surface area contributed by atoms with Crippen molar-refractivity contribution in [3.8, 4) is 0 Å². The first-order valence-electron chi connectivity index (χ1n) is 9.19. The highest BCUT2D eigenvalue weighted by molar-refractivity contribution is 7.89. The van der Waals surface area contributed by atoms with Crippen LogP contribution >= 0.6 is 0 Å². The first kappa shape index (κ1) is 21.7. The quantitative estimate of drug-likeness (QED) is 0.448. The molecule has 1 amide bonds. The van der Waals surface area contributed by atoms with E-state index in [0.717, 1.165) is 19.4 Å². The molecule has 150 valence electrons. The van der Waals surface area contributed by atoms with Crippen LogP contribution in [-0.4, -0.2) is 41.0 Å². The van der Waals surface area contributed by atoms with Gasteiger partial charge < -0.3 is 10.2 Å². The third-order valence-electron chi connectivity index (χ3n) is 4.25. The van der Waals surface area contributed by atoms with Gasteiger partial charge in [0.2, 0.25) is 10.0 Å². The Morgan fingerprint density at radius 3 is 2.39 bits per heavy atom. The molecule has 0 aliphatic rings. The van der Waals surface area contributed by atoms with Crippen LogP contribution in [0.5, 0.6) is 0 Å². The molecule has 2 aromatic carbocycles. The summed E-state index contributed by atoms with van der Waals surface area (Å²) in [7, 11) is -1.53. The lowest BCUT2D eigenvalue weighted by Crippen LogP contribution is -2.26. The number of carbonyl (C=O) groups is 1. The number of benzene rings is 2. The van der Waals surface area contributed by atoms with Gasteiger partial charge in [-0.05, 0) is 49.2 Å². The van der Waals surface area contributed by atoms with Gasteiger partial charge in [0, 0.05) is 37.9 Å². The maximum absolute atomic E-state index is 12.2. The lowest BCUT2D eigenvalue weighted by Gasteiger charge is -2.19. The number of anilines is 1. The largest absolute Gasteiger partial charge is 0.375 e. The van der Waals surface area contributed by atoms with Crippen molar-refractivity contribution in [1.82, 2.24) is 10.0 Å². The van der Waals surface area contributed by atoms with Gasteiger partial charge in [0.05, 0.1) is 4.90 Å². The van der Waals surface area contributed by atoms with E-state index in [0.29, 0.717) is 12.1 Å². The first-order chi connectivity index (χ1) is 13.4. The topological polar surface area (TPSA) is 78.5 Å². The average molecular weight is 402 g/mol. The van der Waals surface area contributed by atoms with Crippen molar-refractivity contribution >= 4 is 21.6 Å². The summed E-state index contributed by atoms with van der Waals surface area (Å²) in [6.07, 6.45) is 3.29. The summed E-state index contributed by atoms with van der Waals surface area (Å²) >= 11 is 0. The van der Waals surface area contributed by atoms with Crippen LogP contribution in [0.3, 0.4) is 0 Å². The summed E-state index contributed by atoms with van der Waals surface area (Å²) < 4.78 is 26.4. The zero-order chi connectivity index (χ0) is 20.4. The molecule has 0 unspecified atom stereocenters. The van der Waals surface area contributed by atoms with E-state index < -0.39 is 10.0 Å². The summed E-state index contributed by atoms with van der Waals surface area (Å²) in [5.74, 6) is -0.209. The molecule has 0 atom stereocenters. The molecule has 2 rings (SSSR count). The SMILES string of the molecule is C=CCNS(=O)(=O)c1ccc(C(=O)NCCCCN(C)c2ccccc2)cc1. The summed E-state index contributed by atoms with van der Waals surface area (Å²) in [5, 5.41) is 2.87. The van der Waals surface area contributed by atoms with Crippen LogP contribution < -0.4 is 14.9 Å². The molecule has 0 saturated heterocycles. The van der Waals surface area contributed by atoms with Crippen molar-refractivity contribution in [3.05, 3.63) is 72.8 Å². The Bertz CT molecular complexity index is 866. The van der Waals surface area contributed by atoms with Gasteiger partial charge in [-0.3, -0.25) is 4.79 Å². The van der Waals surface area contributed by atoms with Crippen LogP contribution in [0.25, 0.3) is 0 Å². The molecule has 6 nitrogen and oxygen atoms in total. The van der Waals surface area contributed by atoms with E-state index in [1.165, 1.54) is 36.0 Å². The monoisotopic (exact) mass is 401 g/mol. The molecule has 0 aliphatic carbocycles. The van der Waals surface area contributed by atoms with Crippen LogP contribution in [0.15, 0.2) is 72.1 Å². The summed E-state index contributed by atoms with van der Waals surface area (Å²) in [4.78, 5) is 14.5. The van der Waals surface area contributed by atoms with Crippen LogP contribution in [0, 0.1) is 0 Å². The standard InChI is InChI=1S/C21H27N3O3S/c1-3-15-23-28(26,27)20-13-11-18(12-14-20)21(25)22-16-7-8-17-24(2)19-9-5-4-6-10-19/h3-6,9-14,23H,1,7-8,15-17H2,2H3,(H,22,25). The van der Waals surface area contributed by atoms with Gasteiger partial charge in [0.1, 0.15) is 0 Å². The zero-order valence-electron chi connectivity index (χ0n) is 16.1.